The molecule has 7 heteroatoms. The maximum absolute atomic E-state index is 12.7. The Hall–Kier alpha value is 0.0500. The molecule has 0 amide bonds. The summed E-state index contributed by atoms with van der Waals surface area (Å²) in [7, 11) is -3.49. The van der Waals surface area contributed by atoms with Crippen LogP contribution >= 0.6 is 31.9 Å². The average molecular weight is 412 g/mol. The van der Waals surface area contributed by atoms with Gasteiger partial charge < -0.3 is 5.73 Å². The van der Waals surface area contributed by atoms with Crippen LogP contribution in [0.15, 0.2) is 26.0 Å². The molecule has 2 N–H and O–H groups in total. The van der Waals surface area contributed by atoms with E-state index < -0.39 is 10.0 Å². The van der Waals surface area contributed by atoms with Gasteiger partial charge >= 0.3 is 0 Å². The molecule has 1 aromatic carbocycles. The van der Waals surface area contributed by atoms with Crippen LogP contribution in [0.1, 0.15) is 18.4 Å². The molecule has 0 bridgehead atoms. The molecular weight excluding hydrogens is 396 g/mol. The van der Waals surface area contributed by atoms with Gasteiger partial charge in [0, 0.05) is 28.1 Å². The zero-order chi connectivity index (χ0) is 14.2. The minimum atomic E-state index is -3.49. The molecule has 0 spiro atoms. The lowest BCUT2D eigenvalue weighted by molar-refractivity contribution is 0.393. The van der Waals surface area contributed by atoms with Gasteiger partial charge in [-0.1, -0.05) is 15.9 Å². The smallest absolute Gasteiger partial charge is 0.244 e. The lowest BCUT2D eigenvalue weighted by Crippen LogP contribution is -2.40. The standard InChI is InChI=1S/C12H16Br2N2O2S/c1-8-5-11(14)12(6-10(8)13)19(17,18)16-4-2-3-9(16)7-15/h5-6,9H,2-4,7,15H2,1H3. The van der Waals surface area contributed by atoms with Gasteiger partial charge in [0.25, 0.3) is 0 Å². The molecule has 0 radical (unpaired) electrons. The highest BCUT2D eigenvalue weighted by molar-refractivity contribution is 9.11. The van der Waals surface area contributed by atoms with Gasteiger partial charge in [-0.15, -0.1) is 0 Å². The van der Waals surface area contributed by atoms with E-state index in [-0.39, 0.29) is 6.04 Å². The first-order valence-electron chi connectivity index (χ1n) is 6.05. The average Bonchev–Trinajstić information content (AvgIpc) is 2.82. The number of nitrogens with zero attached hydrogens (tertiary/aromatic N) is 1. The molecule has 1 unspecified atom stereocenters. The van der Waals surface area contributed by atoms with E-state index in [1.165, 1.54) is 4.31 Å². The van der Waals surface area contributed by atoms with Crippen molar-refractivity contribution < 1.29 is 8.42 Å². The van der Waals surface area contributed by atoms with E-state index in [9.17, 15) is 8.42 Å². The topological polar surface area (TPSA) is 63.4 Å². The van der Waals surface area contributed by atoms with Crippen LogP contribution < -0.4 is 5.73 Å². The number of hydrogen-bond donors (Lipinski definition) is 1. The maximum Gasteiger partial charge on any atom is 0.244 e. The van der Waals surface area contributed by atoms with Crippen molar-refractivity contribution >= 4 is 41.9 Å². The maximum atomic E-state index is 12.7. The Morgan fingerprint density at radius 2 is 2.05 bits per heavy atom. The van der Waals surface area contributed by atoms with Crippen molar-refractivity contribution in [2.24, 2.45) is 5.73 Å². The van der Waals surface area contributed by atoms with E-state index in [2.05, 4.69) is 31.9 Å². The molecule has 1 aromatic rings. The summed E-state index contributed by atoms with van der Waals surface area (Å²) in [4.78, 5) is 0.297. The fourth-order valence-electron chi connectivity index (χ4n) is 2.31. The third-order valence-corrected chi connectivity index (χ3v) is 7.16. The second kappa shape index (κ2) is 5.81. The first-order chi connectivity index (χ1) is 8.87. The highest BCUT2D eigenvalue weighted by atomic mass is 79.9. The van der Waals surface area contributed by atoms with E-state index in [0.717, 1.165) is 22.9 Å². The molecule has 1 saturated heterocycles. The quantitative estimate of drug-likeness (QED) is 0.831. The molecule has 1 heterocycles. The van der Waals surface area contributed by atoms with Gasteiger partial charge in [-0.3, -0.25) is 0 Å². The summed E-state index contributed by atoms with van der Waals surface area (Å²) in [5.41, 5.74) is 6.65. The fourth-order valence-corrected chi connectivity index (χ4v) is 5.66. The van der Waals surface area contributed by atoms with Gasteiger partial charge in [0.2, 0.25) is 10.0 Å². The Morgan fingerprint density at radius 1 is 1.37 bits per heavy atom. The summed E-state index contributed by atoms with van der Waals surface area (Å²) in [6.07, 6.45) is 1.70. The van der Waals surface area contributed by atoms with Crippen molar-refractivity contribution in [3.63, 3.8) is 0 Å². The van der Waals surface area contributed by atoms with Crippen LogP contribution in [0.4, 0.5) is 0 Å². The van der Waals surface area contributed by atoms with Gasteiger partial charge in [0.05, 0.1) is 4.90 Å². The highest BCUT2D eigenvalue weighted by Crippen LogP contribution is 2.33. The second-order valence-corrected chi connectivity index (χ2v) is 8.25. The van der Waals surface area contributed by atoms with Crippen LogP contribution in [0, 0.1) is 6.92 Å². The van der Waals surface area contributed by atoms with E-state index in [4.69, 9.17) is 5.73 Å². The van der Waals surface area contributed by atoms with Gasteiger partial charge in [0.1, 0.15) is 0 Å². The molecule has 4 nitrogen and oxygen atoms in total. The molecule has 1 aliphatic heterocycles. The fraction of sp³-hybridized carbons (Fsp3) is 0.500. The number of hydrogen-bond acceptors (Lipinski definition) is 3. The molecular formula is C12H16Br2N2O2S. The van der Waals surface area contributed by atoms with Crippen LogP contribution in [-0.4, -0.2) is 31.9 Å². The van der Waals surface area contributed by atoms with Gasteiger partial charge in [-0.05, 0) is 53.4 Å². The molecule has 2 rings (SSSR count). The summed E-state index contributed by atoms with van der Waals surface area (Å²) >= 11 is 6.73. The largest absolute Gasteiger partial charge is 0.329 e. The predicted molar refractivity (Wildman–Crippen MR) is 82.5 cm³/mol. The summed E-state index contributed by atoms with van der Waals surface area (Å²) < 4.78 is 28.3. The minimum Gasteiger partial charge on any atom is -0.329 e. The van der Waals surface area contributed by atoms with E-state index in [1.54, 1.807) is 6.07 Å². The normalized spacial score (nSPS) is 20.9. The molecule has 1 fully saturated rings. The number of rotatable bonds is 3. The Morgan fingerprint density at radius 3 is 2.68 bits per heavy atom. The van der Waals surface area contributed by atoms with Gasteiger partial charge in [-0.2, -0.15) is 4.31 Å². The van der Waals surface area contributed by atoms with Crippen molar-refractivity contribution in [1.82, 2.24) is 4.31 Å². The van der Waals surface area contributed by atoms with Crippen molar-refractivity contribution in [2.45, 2.75) is 30.7 Å². The highest BCUT2D eigenvalue weighted by Gasteiger charge is 2.35. The zero-order valence-corrected chi connectivity index (χ0v) is 14.6. The monoisotopic (exact) mass is 410 g/mol. The van der Waals surface area contributed by atoms with Crippen LogP contribution in [0.3, 0.4) is 0 Å². The van der Waals surface area contributed by atoms with Crippen LogP contribution in [0.2, 0.25) is 0 Å². The summed E-state index contributed by atoms with van der Waals surface area (Å²) in [5, 5.41) is 0. The zero-order valence-electron chi connectivity index (χ0n) is 10.6. The number of sulfonamides is 1. The number of aryl methyl sites for hydroxylation is 1. The summed E-state index contributed by atoms with van der Waals surface area (Å²) in [5.74, 6) is 0. The summed E-state index contributed by atoms with van der Waals surface area (Å²) in [6.45, 7) is 2.83. The van der Waals surface area contributed by atoms with Crippen molar-refractivity contribution in [3.05, 3.63) is 26.6 Å². The number of nitrogens with two attached hydrogens (primary N) is 1. The number of halogens is 2. The Kier molecular flexibility index (Phi) is 4.72. The lowest BCUT2D eigenvalue weighted by atomic mass is 10.2. The molecule has 106 valence electrons. The van der Waals surface area contributed by atoms with E-state index in [1.807, 2.05) is 13.0 Å². The van der Waals surface area contributed by atoms with Crippen molar-refractivity contribution in [1.29, 1.82) is 0 Å². The molecule has 0 saturated carbocycles. The van der Waals surface area contributed by atoms with Gasteiger partial charge in [-0.25, -0.2) is 8.42 Å². The van der Waals surface area contributed by atoms with E-state index >= 15 is 0 Å². The van der Waals surface area contributed by atoms with E-state index in [0.29, 0.717) is 22.5 Å². The molecule has 19 heavy (non-hydrogen) atoms. The van der Waals surface area contributed by atoms with Crippen LogP contribution in [-0.2, 0) is 10.0 Å². The Labute approximate surface area is 130 Å². The first-order valence-corrected chi connectivity index (χ1v) is 9.08. The summed E-state index contributed by atoms with van der Waals surface area (Å²) in [6, 6.07) is 3.38. The molecule has 1 aliphatic rings. The third-order valence-electron chi connectivity index (χ3n) is 3.39. The second-order valence-electron chi connectivity index (χ2n) is 4.68. The van der Waals surface area contributed by atoms with Crippen molar-refractivity contribution in [3.8, 4) is 0 Å². The Balaban J connectivity index is 2.48. The first kappa shape index (κ1) is 15.4. The molecule has 1 atom stereocenters. The minimum absolute atomic E-state index is 0.0861. The molecule has 0 aromatic heterocycles. The van der Waals surface area contributed by atoms with Crippen molar-refractivity contribution in [2.75, 3.05) is 13.1 Å². The predicted octanol–water partition coefficient (Wildman–Crippen LogP) is 2.63. The van der Waals surface area contributed by atoms with Crippen LogP contribution in [0.5, 0.6) is 0 Å². The lowest BCUT2D eigenvalue weighted by Gasteiger charge is -2.23. The SMILES string of the molecule is Cc1cc(Br)c(S(=O)(=O)N2CCCC2CN)cc1Br. The molecule has 0 aliphatic carbocycles. The number of benzene rings is 1. The third kappa shape index (κ3) is 2.90. The van der Waals surface area contributed by atoms with Crippen LogP contribution in [0.25, 0.3) is 0 Å². The van der Waals surface area contributed by atoms with Gasteiger partial charge in [0.15, 0.2) is 0 Å². The Bertz CT molecular complexity index is 590.